The van der Waals surface area contributed by atoms with Crippen LogP contribution in [0.3, 0.4) is 0 Å². The largest absolute Gasteiger partial charge is 0.473 e. The van der Waals surface area contributed by atoms with Crippen molar-refractivity contribution in [2.45, 2.75) is 13.2 Å². The molecule has 1 aliphatic heterocycles. The highest BCUT2D eigenvalue weighted by molar-refractivity contribution is 5.85. The first-order valence-electron chi connectivity index (χ1n) is 11.6. The summed E-state index contributed by atoms with van der Waals surface area (Å²) in [7, 11) is 0. The maximum atomic E-state index is 6.17. The SMILES string of the molecule is Cl.c1ccc(COc2ccc(-c3ccc(N4CCNCC4)cn3)c(OCc3ccccc3)n2)cc1. The van der Waals surface area contributed by atoms with E-state index < -0.39 is 0 Å². The quantitative estimate of drug-likeness (QED) is 0.371. The Hall–Kier alpha value is -3.61. The van der Waals surface area contributed by atoms with E-state index in [2.05, 4.69) is 21.3 Å². The lowest BCUT2D eigenvalue weighted by Crippen LogP contribution is -2.43. The van der Waals surface area contributed by atoms with E-state index in [9.17, 15) is 0 Å². The van der Waals surface area contributed by atoms with Gasteiger partial charge in [-0.25, -0.2) is 0 Å². The van der Waals surface area contributed by atoms with E-state index in [1.54, 1.807) is 0 Å². The molecule has 5 rings (SSSR count). The Kier molecular flexibility index (Phi) is 8.54. The van der Waals surface area contributed by atoms with Crippen molar-refractivity contribution in [2.24, 2.45) is 0 Å². The zero-order chi connectivity index (χ0) is 23.0. The average molecular weight is 489 g/mol. The molecule has 180 valence electrons. The number of rotatable bonds is 8. The molecule has 0 aliphatic carbocycles. The van der Waals surface area contributed by atoms with Crippen LogP contribution < -0.4 is 19.7 Å². The molecule has 0 radical (unpaired) electrons. The molecule has 1 aliphatic rings. The number of nitrogens with one attached hydrogen (secondary N) is 1. The van der Waals surface area contributed by atoms with Crippen LogP contribution in [0.2, 0.25) is 0 Å². The van der Waals surface area contributed by atoms with E-state index in [0.717, 1.165) is 54.3 Å². The summed E-state index contributed by atoms with van der Waals surface area (Å²) < 4.78 is 12.1. The zero-order valence-electron chi connectivity index (χ0n) is 19.5. The van der Waals surface area contributed by atoms with Crippen LogP contribution >= 0.6 is 12.4 Å². The van der Waals surface area contributed by atoms with Crippen LogP contribution in [0.4, 0.5) is 5.69 Å². The Balaban J connectivity index is 0.00000289. The van der Waals surface area contributed by atoms with Crippen molar-refractivity contribution in [3.05, 3.63) is 102 Å². The fourth-order valence-corrected chi connectivity index (χ4v) is 3.92. The third-order valence-electron chi connectivity index (χ3n) is 5.79. The van der Waals surface area contributed by atoms with E-state index in [1.807, 2.05) is 85.1 Å². The van der Waals surface area contributed by atoms with Gasteiger partial charge < -0.3 is 19.7 Å². The molecule has 3 heterocycles. The molecule has 1 N–H and O–H groups in total. The third-order valence-corrected chi connectivity index (χ3v) is 5.79. The number of aromatic nitrogens is 2. The van der Waals surface area contributed by atoms with E-state index >= 15 is 0 Å². The second kappa shape index (κ2) is 12.2. The van der Waals surface area contributed by atoms with Crippen LogP contribution in [0, 0.1) is 0 Å². The van der Waals surface area contributed by atoms with E-state index in [4.69, 9.17) is 14.5 Å². The van der Waals surface area contributed by atoms with Crippen LogP contribution in [0.1, 0.15) is 11.1 Å². The summed E-state index contributed by atoms with van der Waals surface area (Å²) in [6, 6.07) is 28.1. The lowest BCUT2D eigenvalue weighted by Gasteiger charge is -2.29. The molecule has 0 atom stereocenters. The highest BCUT2D eigenvalue weighted by Gasteiger charge is 2.15. The summed E-state index contributed by atoms with van der Waals surface area (Å²) in [5.41, 5.74) is 4.96. The molecule has 4 aromatic rings. The molecule has 35 heavy (non-hydrogen) atoms. The van der Waals surface area contributed by atoms with Crippen LogP contribution in [0.15, 0.2) is 91.1 Å². The molecule has 0 spiro atoms. The van der Waals surface area contributed by atoms with Gasteiger partial charge >= 0.3 is 0 Å². The number of piperazine rings is 1. The minimum Gasteiger partial charge on any atom is -0.473 e. The number of halogens is 1. The molecule has 1 saturated heterocycles. The Labute approximate surface area is 212 Å². The van der Waals surface area contributed by atoms with Gasteiger partial charge in [0.15, 0.2) is 0 Å². The lowest BCUT2D eigenvalue weighted by atomic mass is 10.1. The van der Waals surface area contributed by atoms with Gasteiger partial charge in [-0.3, -0.25) is 4.98 Å². The van der Waals surface area contributed by atoms with Gasteiger partial charge in [0.2, 0.25) is 11.8 Å². The topological polar surface area (TPSA) is 59.5 Å². The van der Waals surface area contributed by atoms with Crippen molar-refractivity contribution >= 4 is 18.1 Å². The summed E-state index contributed by atoms with van der Waals surface area (Å²) in [5.74, 6) is 1.03. The minimum absolute atomic E-state index is 0. The number of anilines is 1. The summed E-state index contributed by atoms with van der Waals surface area (Å²) in [4.78, 5) is 11.8. The van der Waals surface area contributed by atoms with Crippen molar-refractivity contribution < 1.29 is 9.47 Å². The summed E-state index contributed by atoms with van der Waals surface area (Å²) >= 11 is 0. The molecule has 7 heteroatoms. The highest BCUT2D eigenvalue weighted by Crippen LogP contribution is 2.31. The summed E-state index contributed by atoms with van der Waals surface area (Å²) in [6.45, 7) is 4.83. The standard InChI is InChI=1S/C28H28N4O2.ClH/c1-3-7-22(8-4-1)20-33-27-14-12-25(28(31-27)34-21-23-9-5-2-6-10-23)26-13-11-24(19-30-26)32-17-15-29-16-18-32;/h1-14,19,29H,15-18,20-21H2;1H. The predicted molar refractivity (Wildman–Crippen MR) is 141 cm³/mol. The normalized spacial score (nSPS) is 13.1. The molecular formula is C28H29ClN4O2. The minimum atomic E-state index is 0. The summed E-state index contributed by atoms with van der Waals surface area (Å²) in [6.07, 6.45) is 1.93. The van der Waals surface area contributed by atoms with Gasteiger partial charge in [0.1, 0.15) is 13.2 Å². The van der Waals surface area contributed by atoms with Crippen molar-refractivity contribution in [3.8, 4) is 23.0 Å². The van der Waals surface area contributed by atoms with Crippen molar-refractivity contribution in [1.29, 1.82) is 0 Å². The van der Waals surface area contributed by atoms with Crippen molar-refractivity contribution in [3.63, 3.8) is 0 Å². The molecule has 0 saturated carbocycles. The molecule has 0 amide bonds. The molecule has 1 fully saturated rings. The van der Waals surface area contributed by atoms with Gasteiger partial charge in [-0.05, 0) is 29.3 Å². The number of nitrogens with zero attached hydrogens (tertiary/aromatic N) is 3. The van der Waals surface area contributed by atoms with Crippen molar-refractivity contribution in [2.75, 3.05) is 31.1 Å². The van der Waals surface area contributed by atoms with Crippen LogP contribution in [0.25, 0.3) is 11.3 Å². The molecule has 0 bridgehead atoms. The van der Waals surface area contributed by atoms with Crippen LogP contribution in [0.5, 0.6) is 11.8 Å². The average Bonchev–Trinajstić information content (AvgIpc) is 2.92. The Morgan fingerprint density at radius 3 is 2.03 bits per heavy atom. The number of benzene rings is 2. The van der Waals surface area contributed by atoms with E-state index in [0.29, 0.717) is 25.0 Å². The number of pyridine rings is 2. The third kappa shape index (κ3) is 6.50. The first kappa shape index (κ1) is 24.5. The van der Waals surface area contributed by atoms with E-state index in [-0.39, 0.29) is 12.4 Å². The highest BCUT2D eigenvalue weighted by atomic mass is 35.5. The Morgan fingerprint density at radius 2 is 1.40 bits per heavy atom. The zero-order valence-corrected chi connectivity index (χ0v) is 20.3. The predicted octanol–water partition coefficient (Wildman–Crippen LogP) is 5.13. The van der Waals surface area contributed by atoms with Gasteiger partial charge in [0.05, 0.1) is 23.1 Å². The first-order valence-corrected chi connectivity index (χ1v) is 11.6. The van der Waals surface area contributed by atoms with Gasteiger partial charge in [-0.15, -0.1) is 12.4 Å². The monoisotopic (exact) mass is 488 g/mol. The van der Waals surface area contributed by atoms with Gasteiger partial charge in [0, 0.05) is 32.2 Å². The smallest absolute Gasteiger partial charge is 0.226 e. The van der Waals surface area contributed by atoms with E-state index in [1.165, 1.54) is 0 Å². The van der Waals surface area contributed by atoms with Gasteiger partial charge in [-0.2, -0.15) is 4.98 Å². The molecule has 6 nitrogen and oxygen atoms in total. The van der Waals surface area contributed by atoms with Crippen LogP contribution in [-0.4, -0.2) is 36.1 Å². The van der Waals surface area contributed by atoms with Gasteiger partial charge in [0.25, 0.3) is 0 Å². The second-order valence-corrected chi connectivity index (χ2v) is 8.19. The maximum Gasteiger partial charge on any atom is 0.226 e. The Morgan fingerprint density at radius 1 is 0.743 bits per heavy atom. The molecule has 2 aromatic heterocycles. The number of hydrogen-bond acceptors (Lipinski definition) is 6. The molecule has 0 unspecified atom stereocenters. The van der Waals surface area contributed by atoms with Gasteiger partial charge in [-0.1, -0.05) is 60.7 Å². The van der Waals surface area contributed by atoms with Crippen LogP contribution in [-0.2, 0) is 13.2 Å². The van der Waals surface area contributed by atoms with Crippen molar-refractivity contribution in [1.82, 2.24) is 15.3 Å². The molecule has 2 aromatic carbocycles. The Bertz CT molecular complexity index is 1180. The summed E-state index contributed by atoms with van der Waals surface area (Å²) in [5, 5.41) is 3.38. The fraction of sp³-hybridized carbons (Fsp3) is 0.214. The maximum absolute atomic E-state index is 6.17. The number of hydrogen-bond donors (Lipinski definition) is 1. The lowest BCUT2D eigenvalue weighted by molar-refractivity contribution is 0.268. The fourth-order valence-electron chi connectivity index (χ4n) is 3.92. The molecular weight excluding hydrogens is 460 g/mol. The second-order valence-electron chi connectivity index (χ2n) is 8.19. The first-order chi connectivity index (χ1) is 16.8. The number of ether oxygens (including phenoxy) is 2.